The van der Waals surface area contributed by atoms with Gasteiger partial charge in [-0.05, 0) is 38.0 Å². The number of hydrogen-bond acceptors (Lipinski definition) is 1. The van der Waals surface area contributed by atoms with E-state index in [-0.39, 0.29) is 36.1 Å². The number of hydrogen-bond donors (Lipinski definition) is 2. The third-order valence-corrected chi connectivity index (χ3v) is 3.71. The van der Waals surface area contributed by atoms with Gasteiger partial charge in [-0.2, -0.15) is 0 Å². The van der Waals surface area contributed by atoms with Crippen molar-refractivity contribution in [3.05, 3.63) is 35.4 Å². The lowest BCUT2D eigenvalue weighted by Crippen LogP contribution is -2.44. The summed E-state index contributed by atoms with van der Waals surface area (Å²) in [6.07, 6.45) is 6.03. The fourth-order valence-electron chi connectivity index (χ4n) is 2.59. The first kappa shape index (κ1) is 19.1. The highest BCUT2D eigenvalue weighted by Gasteiger charge is 2.14. The number of halogens is 3. The zero-order valence-corrected chi connectivity index (χ0v) is 15.2. The van der Waals surface area contributed by atoms with Crippen LogP contribution in [-0.4, -0.2) is 18.5 Å². The Kier molecular flexibility index (Phi) is 8.67. The van der Waals surface area contributed by atoms with Gasteiger partial charge in [-0.1, -0.05) is 19.3 Å². The molecule has 2 N–H and O–H groups in total. The predicted molar refractivity (Wildman–Crippen MR) is 96.6 cm³/mol. The molecule has 0 aliphatic heterocycles. The molecule has 6 heteroatoms. The van der Waals surface area contributed by atoms with Gasteiger partial charge in [0.2, 0.25) is 0 Å². The average Bonchev–Trinajstić information content (AvgIpc) is 2.49. The van der Waals surface area contributed by atoms with Crippen molar-refractivity contribution in [3.63, 3.8) is 0 Å². The van der Waals surface area contributed by atoms with E-state index in [4.69, 9.17) is 0 Å². The van der Waals surface area contributed by atoms with Crippen molar-refractivity contribution in [1.82, 2.24) is 10.6 Å². The molecule has 0 heterocycles. The highest BCUT2D eigenvalue weighted by molar-refractivity contribution is 14.0. The third-order valence-electron chi connectivity index (χ3n) is 3.71. The second-order valence-corrected chi connectivity index (χ2v) is 5.41. The van der Waals surface area contributed by atoms with Gasteiger partial charge in [0.25, 0.3) is 0 Å². The number of benzene rings is 1. The summed E-state index contributed by atoms with van der Waals surface area (Å²) in [7, 11) is 0. The summed E-state index contributed by atoms with van der Waals surface area (Å²) < 4.78 is 26.7. The SMILES string of the molecule is CCNC(=NCc1cc(F)ccc1F)NC1CCCCC1.I. The minimum atomic E-state index is -0.438. The zero-order valence-electron chi connectivity index (χ0n) is 12.9. The summed E-state index contributed by atoms with van der Waals surface area (Å²) in [5.41, 5.74) is 0.274. The van der Waals surface area contributed by atoms with Crippen LogP contribution < -0.4 is 10.6 Å². The van der Waals surface area contributed by atoms with Gasteiger partial charge in [-0.25, -0.2) is 13.8 Å². The first-order valence-corrected chi connectivity index (χ1v) is 7.68. The van der Waals surface area contributed by atoms with E-state index in [9.17, 15) is 8.78 Å². The highest BCUT2D eigenvalue weighted by Crippen LogP contribution is 2.17. The highest BCUT2D eigenvalue weighted by atomic mass is 127. The van der Waals surface area contributed by atoms with E-state index in [0.29, 0.717) is 12.0 Å². The van der Waals surface area contributed by atoms with E-state index in [1.165, 1.54) is 25.3 Å². The van der Waals surface area contributed by atoms with Crippen molar-refractivity contribution in [2.24, 2.45) is 4.99 Å². The summed E-state index contributed by atoms with van der Waals surface area (Å²) >= 11 is 0. The lowest BCUT2D eigenvalue weighted by Gasteiger charge is -2.24. The van der Waals surface area contributed by atoms with Gasteiger partial charge in [0.15, 0.2) is 5.96 Å². The van der Waals surface area contributed by atoms with Crippen LogP contribution in [0.3, 0.4) is 0 Å². The first-order valence-electron chi connectivity index (χ1n) is 7.68. The standard InChI is InChI=1S/C16H23F2N3.HI/c1-2-19-16(21-14-6-4-3-5-7-14)20-11-12-10-13(17)8-9-15(12)18;/h8-10,14H,2-7,11H2,1H3,(H2,19,20,21);1H. The maximum absolute atomic E-state index is 13.6. The summed E-state index contributed by atoms with van der Waals surface area (Å²) in [6.45, 7) is 2.86. The summed E-state index contributed by atoms with van der Waals surface area (Å²) in [5.74, 6) is -0.187. The Morgan fingerprint density at radius 3 is 2.64 bits per heavy atom. The van der Waals surface area contributed by atoms with Crippen LogP contribution in [-0.2, 0) is 6.54 Å². The fourth-order valence-corrected chi connectivity index (χ4v) is 2.59. The number of nitrogens with one attached hydrogen (secondary N) is 2. The molecule has 0 aromatic heterocycles. The number of nitrogens with zero attached hydrogens (tertiary/aromatic N) is 1. The Balaban J connectivity index is 0.00000242. The molecule has 0 spiro atoms. The van der Waals surface area contributed by atoms with Crippen molar-refractivity contribution in [2.75, 3.05) is 6.54 Å². The molecular formula is C16H24F2IN3. The molecule has 1 fully saturated rings. The largest absolute Gasteiger partial charge is 0.357 e. The van der Waals surface area contributed by atoms with E-state index in [2.05, 4.69) is 15.6 Å². The molecule has 22 heavy (non-hydrogen) atoms. The van der Waals surface area contributed by atoms with Gasteiger partial charge < -0.3 is 10.6 Å². The lowest BCUT2D eigenvalue weighted by atomic mass is 9.96. The second kappa shape index (κ2) is 9.97. The molecule has 2 rings (SSSR count). The molecule has 0 radical (unpaired) electrons. The molecule has 0 atom stereocenters. The second-order valence-electron chi connectivity index (χ2n) is 5.41. The number of guanidine groups is 1. The van der Waals surface area contributed by atoms with Crippen molar-refractivity contribution in [3.8, 4) is 0 Å². The fraction of sp³-hybridized carbons (Fsp3) is 0.562. The van der Waals surface area contributed by atoms with Gasteiger partial charge in [0, 0.05) is 18.2 Å². The molecule has 124 valence electrons. The molecule has 1 aromatic carbocycles. The minimum Gasteiger partial charge on any atom is -0.357 e. The smallest absolute Gasteiger partial charge is 0.191 e. The van der Waals surface area contributed by atoms with Crippen LogP contribution in [0.4, 0.5) is 8.78 Å². The van der Waals surface area contributed by atoms with Gasteiger partial charge in [-0.3, -0.25) is 0 Å². The molecule has 1 aliphatic carbocycles. The molecule has 0 unspecified atom stereocenters. The molecule has 0 amide bonds. The maximum atomic E-state index is 13.6. The van der Waals surface area contributed by atoms with E-state index in [0.717, 1.165) is 31.5 Å². The predicted octanol–water partition coefficient (Wildman–Crippen LogP) is 3.97. The van der Waals surface area contributed by atoms with Crippen molar-refractivity contribution in [1.29, 1.82) is 0 Å². The van der Waals surface area contributed by atoms with Crippen molar-refractivity contribution >= 4 is 29.9 Å². The molecule has 1 aliphatic rings. The molecule has 3 nitrogen and oxygen atoms in total. The van der Waals surface area contributed by atoms with Crippen LogP contribution in [0.5, 0.6) is 0 Å². The van der Waals surface area contributed by atoms with Gasteiger partial charge in [0.1, 0.15) is 11.6 Å². The number of rotatable bonds is 4. The van der Waals surface area contributed by atoms with Crippen molar-refractivity contribution in [2.45, 2.75) is 51.6 Å². The zero-order chi connectivity index (χ0) is 15.1. The van der Waals surface area contributed by atoms with E-state index >= 15 is 0 Å². The van der Waals surface area contributed by atoms with Crippen LogP contribution in [0, 0.1) is 11.6 Å². The normalized spacial score (nSPS) is 16.0. The Labute approximate surface area is 148 Å². The van der Waals surface area contributed by atoms with E-state index in [1.807, 2.05) is 6.92 Å². The Morgan fingerprint density at radius 1 is 1.23 bits per heavy atom. The van der Waals surface area contributed by atoms with E-state index in [1.54, 1.807) is 0 Å². The van der Waals surface area contributed by atoms with E-state index < -0.39 is 11.6 Å². The summed E-state index contributed by atoms with van der Waals surface area (Å²) in [5, 5.41) is 6.54. The van der Waals surface area contributed by atoms with Crippen LogP contribution >= 0.6 is 24.0 Å². The van der Waals surface area contributed by atoms with Gasteiger partial charge in [-0.15, -0.1) is 24.0 Å². The Morgan fingerprint density at radius 2 is 1.95 bits per heavy atom. The van der Waals surface area contributed by atoms with Gasteiger partial charge >= 0.3 is 0 Å². The van der Waals surface area contributed by atoms with Gasteiger partial charge in [0.05, 0.1) is 6.54 Å². The van der Waals surface area contributed by atoms with Crippen LogP contribution in [0.25, 0.3) is 0 Å². The van der Waals surface area contributed by atoms with Crippen LogP contribution in [0.2, 0.25) is 0 Å². The minimum absolute atomic E-state index is 0. The quantitative estimate of drug-likeness (QED) is 0.437. The number of aliphatic imine (C=N–C) groups is 1. The average molecular weight is 423 g/mol. The van der Waals surface area contributed by atoms with Crippen LogP contribution in [0.15, 0.2) is 23.2 Å². The third kappa shape index (κ3) is 6.06. The molecule has 1 saturated carbocycles. The molecule has 1 aromatic rings. The van der Waals surface area contributed by atoms with Crippen molar-refractivity contribution < 1.29 is 8.78 Å². The summed E-state index contributed by atoms with van der Waals surface area (Å²) in [4.78, 5) is 4.37. The topological polar surface area (TPSA) is 36.4 Å². The maximum Gasteiger partial charge on any atom is 0.191 e. The first-order chi connectivity index (χ1) is 10.2. The Hall–Kier alpha value is -0.920. The monoisotopic (exact) mass is 423 g/mol. The van der Waals surface area contributed by atoms with Crippen LogP contribution in [0.1, 0.15) is 44.6 Å². The lowest BCUT2D eigenvalue weighted by molar-refractivity contribution is 0.410. The summed E-state index contributed by atoms with van der Waals surface area (Å²) in [6, 6.07) is 3.88. The molecular weight excluding hydrogens is 399 g/mol. The molecule has 0 bridgehead atoms. The Bertz CT molecular complexity index is 488. The molecule has 0 saturated heterocycles.